The number of ether oxygens (including phenoxy) is 1. The minimum atomic E-state index is -3.92. The largest absolute Gasteiger partial charge is 0.493 e. The fourth-order valence-electron chi connectivity index (χ4n) is 1.14. The fraction of sp³-hybridized carbons (Fsp3) is 0.417. The van der Waals surface area contributed by atoms with Crippen molar-refractivity contribution in [3.8, 4) is 5.75 Å². The number of hydrogen-bond acceptors (Lipinski definition) is 5. The van der Waals surface area contributed by atoms with Crippen LogP contribution in [0.1, 0.15) is 18.9 Å². The maximum Gasteiger partial charge on any atom is 0.267 e. The first kappa shape index (κ1) is 18.4. The predicted octanol–water partition coefficient (Wildman–Crippen LogP) is 0.626. The molecular formula is C12H20N2O5S. The summed E-state index contributed by atoms with van der Waals surface area (Å²) < 4.78 is 32.5. The molecule has 0 saturated carbocycles. The quantitative estimate of drug-likeness (QED) is 0.346. The standard InChI is InChI=1S/C10H14N2O.C2H6O4S/c1-2-7-13-9-6-4-3-5-8(9)10(11)12;3-1-2-7(4,5)6/h3-6H,2,7H2,1H3,(H3,11,12);3H,1-2H2,(H,4,5,6). The molecule has 0 heterocycles. The smallest absolute Gasteiger partial charge is 0.267 e. The number of hydrogen-bond donors (Lipinski definition) is 4. The molecular weight excluding hydrogens is 284 g/mol. The van der Waals surface area contributed by atoms with E-state index in [0.717, 1.165) is 6.42 Å². The number of aliphatic hydroxyl groups excluding tert-OH is 1. The number of aliphatic hydroxyl groups is 1. The average Bonchev–Trinajstić information content (AvgIpc) is 2.36. The van der Waals surface area contributed by atoms with Crippen LogP contribution in [-0.4, -0.2) is 42.9 Å². The van der Waals surface area contributed by atoms with Crippen LogP contribution in [-0.2, 0) is 10.1 Å². The highest BCUT2D eigenvalue weighted by Gasteiger charge is 2.03. The monoisotopic (exact) mass is 304 g/mol. The molecule has 8 heteroatoms. The van der Waals surface area contributed by atoms with Crippen molar-refractivity contribution in [3.63, 3.8) is 0 Å². The molecule has 1 aromatic rings. The lowest BCUT2D eigenvalue weighted by molar-refractivity contribution is 0.315. The summed E-state index contributed by atoms with van der Waals surface area (Å²) in [6.07, 6.45) is 0.951. The second-order valence-corrected chi connectivity index (χ2v) is 5.34. The number of benzene rings is 1. The third-order valence-corrected chi connectivity index (χ3v) is 2.69. The van der Waals surface area contributed by atoms with Gasteiger partial charge in [0.2, 0.25) is 0 Å². The maximum atomic E-state index is 9.63. The van der Waals surface area contributed by atoms with E-state index in [9.17, 15) is 8.42 Å². The third-order valence-electron chi connectivity index (χ3n) is 1.99. The van der Waals surface area contributed by atoms with Crippen molar-refractivity contribution in [1.29, 1.82) is 5.41 Å². The summed E-state index contributed by atoms with van der Waals surface area (Å²) in [6.45, 7) is 2.17. The minimum absolute atomic E-state index is 0.0479. The second-order valence-electron chi connectivity index (χ2n) is 3.77. The molecule has 0 amide bonds. The Morgan fingerprint density at radius 1 is 1.40 bits per heavy atom. The van der Waals surface area contributed by atoms with Gasteiger partial charge in [0.25, 0.3) is 10.1 Å². The number of para-hydroxylation sites is 1. The highest BCUT2D eigenvalue weighted by atomic mass is 32.2. The lowest BCUT2D eigenvalue weighted by Crippen LogP contribution is -2.13. The lowest BCUT2D eigenvalue weighted by atomic mass is 10.2. The zero-order valence-corrected chi connectivity index (χ0v) is 12.1. The first-order chi connectivity index (χ1) is 9.31. The van der Waals surface area contributed by atoms with Gasteiger partial charge >= 0.3 is 0 Å². The van der Waals surface area contributed by atoms with Crippen molar-refractivity contribution < 1.29 is 22.8 Å². The predicted molar refractivity (Wildman–Crippen MR) is 76.7 cm³/mol. The molecule has 0 bridgehead atoms. The molecule has 0 unspecified atom stereocenters. The van der Waals surface area contributed by atoms with Crippen molar-refractivity contribution >= 4 is 16.0 Å². The molecule has 114 valence electrons. The van der Waals surface area contributed by atoms with Gasteiger partial charge in [0.15, 0.2) is 0 Å². The SMILES string of the molecule is CCCOc1ccccc1C(=N)N.O=S(=O)(O)CCO. The number of nitrogens with two attached hydrogens (primary N) is 1. The molecule has 7 nitrogen and oxygen atoms in total. The minimum Gasteiger partial charge on any atom is -0.493 e. The van der Waals surface area contributed by atoms with Crippen molar-refractivity contribution in [2.75, 3.05) is 19.0 Å². The van der Waals surface area contributed by atoms with Crippen molar-refractivity contribution in [2.45, 2.75) is 13.3 Å². The average molecular weight is 304 g/mol. The van der Waals surface area contributed by atoms with Gasteiger partial charge in [0.1, 0.15) is 11.6 Å². The van der Waals surface area contributed by atoms with E-state index in [1.54, 1.807) is 6.07 Å². The lowest BCUT2D eigenvalue weighted by Gasteiger charge is -2.08. The first-order valence-electron chi connectivity index (χ1n) is 5.94. The summed E-state index contributed by atoms with van der Waals surface area (Å²) in [6, 6.07) is 7.33. The van der Waals surface area contributed by atoms with Gasteiger partial charge in [-0.2, -0.15) is 8.42 Å². The number of amidine groups is 1. The summed E-state index contributed by atoms with van der Waals surface area (Å²) in [5, 5.41) is 15.2. The van der Waals surface area contributed by atoms with Crippen LogP contribution < -0.4 is 10.5 Å². The summed E-state index contributed by atoms with van der Waals surface area (Å²) in [4.78, 5) is 0. The van der Waals surface area contributed by atoms with Crippen LogP contribution in [0.4, 0.5) is 0 Å². The molecule has 0 aliphatic heterocycles. The van der Waals surface area contributed by atoms with E-state index in [1.807, 2.05) is 25.1 Å². The Balaban J connectivity index is 0.000000441. The fourth-order valence-corrected chi connectivity index (χ4v) is 1.37. The molecule has 0 radical (unpaired) electrons. The topological polar surface area (TPSA) is 134 Å². The van der Waals surface area contributed by atoms with Gasteiger partial charge in [0.05, 0.1) is 24.5 Å². The summed E-state index contributed by atoms with van der Waals surface area (Å²) in [5.41, 5.74) is 6.05. The molecule has 1 aromatic carbocycles. The van der Waals surface area contributed by atoms with Gasteiger partial charge in [-0.25, -0.2) is 0 Å². The van der Waals surface area contributed by atoms with Crippen LogP contribution >= 0.6 is 0 Å². The van der Waals surface area contributed by atoms with Crippen LogP contribution in [0.3, 0.4) is 0 Å². The van der Waals surface area contributed by atoms with Crippen LogP contribution in [0.15, 0.2) is 24.3 Å². The molecule has 5 N–H and O–H groups in total. The van der Waals surface area contributed by atoms with Crippen molar-refractivity contribution in [2.24, 2.45) is 5.73 Å². The molecule has 0 spiro atoms. The van der Waals surface area contributed by atoms with Gasteiger partial charge in [-0.3, -0.25) is 9.96 Å². The zero-order chi connectivity index (χ0) is 15.6. The highest BCUT2D eigenvalue weighted by molar-refractivity contribution is 7.85. The molecule has 0 aromatic heterocycles. The van der Waals surface area contributed by atoms with Crippen LogP contribution in [0, 0.1) is 5.41 Å². The molecule has 0 aliphatic carbocycles. The Hall–Kier alpha value is -1.64. The van der Waals surface area contributed by atoms with Gasteiger partial charge in [0, 0.05) is 0 Å². The number of nitrogens with one attached hydrogen (secondary N) is 1. The number of rotatable bonds is 6. The van der Waals surface area contributed by atoms with E-state index in [-0.39, 0.29) is 5.84 Å². The van der Waals surface area contributed by atoms with Gasteiger partial charge in [-0.1, -0.05) is 19.1 Å². The Kier molecular flexibility index (Phi) is 8.53. The summed E-state index contributed by atoms with van der Waals surface area (Å²) >= 11 is 0. The Labute approximate surface area is 118 Å². The van der Waals surface area contributed by atoms with Crippen molar-refractivity contribution in [1.82, 2.24) is 0 Å². The normalized spacial score (nSPS) is 10.3. The highest BCUT2D eigenvalue weighted by Crippen LogP contribution is 2.16. The molecule has 0 saturated heterocycles. The maximum absolute atomic E-state index is 9.63. The third kappa shape index (κ3) is 8.46. The molecule has 0 fully saturated rings. The molecule has 1 rings (SSSR count). The second kappa shape index (κ2) is 9.29. The van der Waals surface area contributed by atoms with E-state index < -0.39 is 22.5 Å². The van der Waals surface area contributed by atoms with E-state index >= 15 is 0 Å². The summed E-state index contributed by atoms with van der Waals surface area (Å²) in [5.74, 6) is 0.163. The van der Waals surface area contributed by atoms with Crippen LogP contribution in [0.2, 0.25) is 0 Å². The Morgan fingerprint density at radius 3 is 2.40 bits per heavy atom. The number of nitrogen functional groups attached to an aromatic ring is 1. The van der Waals surface area contributed by atoms with Gasteiger partial charge in [-0.15, -0.1) is 0 Å². The van der Waals surface area contributed by atoms with Gasteiger partial charge < -0.3 is 15.6 Å². The van der Waals surface area contributed by atoms with E-state index in [4.69, 9.17) is 25.5 Å². The molecule has 20 heavy (non-hydrogen) atoms. The Bertz CT molecular complexity index is 516. The van der Waals surface area contributed by atoms with E-state index in [1.165, 1.54) is 0 Å². The molecule has 0 atom stereocenters. The molecule has 0 aliphatic rings. The Morgan fingerprint density at radius 2 is 2.00 bits per heavy atom. The van der Waals surface area contributed by atoms with Gasteiger partial charge in [-0.05, 0) is 18.6 Å². The zero-order valence-electron chi connectivity index (χ0n) is 11.2. The summed E-state index contributed by atoms with van der Waals surface area (Å²) in [7, 11) is -3.92. The van der Waals surface area contributed by atoms with E-state index in [0.29, 0.717) is 17.9 Å². The van der Waals surface area contributed by atoms with Crippen LogP contribution in [0.25, 0.3) is 0 Å². The van der Waals surface area contributed by atoms with Crippen molar-refractivity contribution in [3.05, 3.63) is 29.8 Å². The van der Waals surface area contributed by atoms with Crippen LogP contribution in [0.5, 0.6) is 5.75 Å². The van der Waals surface area contributed by atoms with E-state index in [2.05, 4.69) is 0 Å². The first-order valence-corrected chi connectivity index (χ1v) is 7.55.